The van der Waals surface area contributed by atoms with E-state index in [0.717, 1.165) is 11.1 Å². The van der Waals surface area contributed by atoms with Crippen molar-refractivity contribution in [2.24, 2.45) is 0 Å². The molecule has 1 atom stereocenters. The van der Waals surface area contributed by atoms with E-state index in [0.29, 0.717) is 18.1 Å². The number of aryl methyl sites for hydroxylation is 1. The molecule has 0 radical (unpaired) electrons. The van der Waals surface area contributed by atoms with Crippen molar-refractivity contribution in [1.29, 1.82) is 0 Å². The van der Waals surface area contributed by atoms with E-state index in [2.05, 4.69) is 4.72 Å². The minimum atomic E-state index is -3.66. The van der Waals surface area contributed by atoms with Crippen LogP contribution in [-0.2, 0) is 14.8 Å². The first-order valence-electron chi connectivity index (χ1n) is 8.31. The molecule has 0 aliphatic heterocycles. The second-order valence-corrected chi connectivity index (χ2v) is 7.48. The lowest BCUT2D eigenvalue weighted by Crippen LogP contribution is -2.29. The molecule has 0 aliphatic carbocycles. The van der Waals surface area contributed by atoms with Crippen molar-refractivity contribution in [1.82, 2.24) is 4.72 Å². The monoisotopic (exact) mass is 379 g/mol. The van der Waals surface area contributed by atoms with Crippen LogP contribution in [0.2, 0.25) is 0 Å². The van der Waals surface area contributed by atoms with E-state index < -0.39 is 16.1 Å². The Labute approximate surface area is 155 Å². The first-order valence-corrected chi connectivity index (χ1v) is 9.79. The zero-order valence-electron chi connectivity index (χ0n) is 15.5. The molecule has 0 spiro atoms. The highest BCUT2D eigenvalue weighted by molar-refractivity contribution is 7.89. The highest BCUT2D eigenvalue weighted by Crippen LogP contribution is 2.24. The van der Waals surface area contributed by atoms with E-state index >= 15 is 0 Å². The van der Waals surface area contributed by atoms with E-state index in [9.17, 15) is 8.42 Å². The van der Waals surface area contributed by atoms with Gasteiger partial charge in [-0.05, 0) is 55.3 Å². The number of benzene rings is 2. The lowest BCUT2D eigenvalue weighted by Gasteiger charge is -2.18. The summed E-state index contributed by atoms with van der Waals surface area (Å²) in [6, 6.07) is 12.2. The molecule has 0 amide bonds. The Morgan fingerprint density at radius 1 is 1.12 bits per heavy atom. The van der Waals surface area contributed by atoms with Gasteiger partial charge in [-0.25, -0.2) is 13.1 Å². The summed E-state index contributed by atoms with van der Waals surface area (Å²) >= 11 is 0. The molecule has 1 unspecified atom stereocenters. The Morgan fingerprint density at radius 3 is 2.50 bits per heavy atom. The van der Waals surface area contributed by atoms with Gasteiger partial charge in [0.05, 0.1) is 24.7 Å². The van der Waals surface area contributed by atoms with Crippen LogP contribution in [0.4, 0.5) is 0 Å². The summed E-state index contributed by atoms with van der Waals surface area (Å²) in [7, 11) is -0.538. The molecule has 1 N–H and O–H groups in total. The third-order valence-electron chi connectivity index (χ3n) is 3.97. The van der Waals surface area contributed by atoms with Crippen LogP contribution in [0, 0.1) is 6.92 Å². The molecule has 2 aromatic rings. The largest absolute Gasteiger partial charge is 0.497 e. The molecule has 0 bridgehead atoms. The van der Waals surface area contributed by atoms with Crippen molar-refractivity contribution in [3.8, 4) is 11.5 Å². The van der Waals surface area contributed by atoms with Crippen molar-refractivity contribution in [2.75, 3.05) is 27.4 Å². The Hall–Kier alpha value is -2.09. The second-order valence-electron chi connectivity index (χ2n) is 5.71. The normalized spacial score (nSPS) is 12.6. The van der Waals surface area contributed by atoms with Crippen molar-refractivity contribution in [3.05, 3.63) is 53.6 Å². The van der Waals surface area contributed by atoms with Crippen molar-refractivity contribution in [3.63, 3.8) is 0 Å². The zero-order chi connectivity index (χ0) is 19.2. The van der Waals surface area contributed by atoms with Gasteiger partial charge < -0.3 is 14.2 Å². The predicted molar refractivity (Wildman–Crippen MR) is 100 cm³/mol. The number of methoxy groups -OCH3 is 2. The Kier molecular flexibility index (Phi) is 7.02. The lowest BCUT2D eigenvalue weighted by molar-refractivity contribution is 0.107. The number of hydrogen-bond acceptors (Lipinski definition) is 5. The Balaban J connectivity index is 2.14. The van der Waals surface area contributed by atoms with Crippen LogP contribution < -0.4 is 14.2 Å². The van der Waals surface area contributed by atoms with Gasteiger partial charge in [0.25, 0.3) is 0 Å². The highest BCUT2D eigenvalue weighted by Gasteiger charge is 2.19. The SMILES string of the molecule is CCOc1ccc(S(=O)(=O)NCC(OC)c2cccc(OC)c2)cc1C. The van der Waals surface area contributed by atoms with Gasteiger partial charge in [0, 0.05) is 13.7 Å². The van der Waals surface area contributed by atoms with Crippen LogP contribution >= 0.6 is 0 Å². The molecule has 2 rings (SSSR count). The molecule has 0 saturated carbocycles. The molecular weight excluding hydrogens is 354 g/mol. The van der Waals surface area contributed by atoms with Crippen LogP contribution in [0.1, 0.15) is 24.2 Å². The number of sulfonamides is 1. The minimum Gasteiger partial charge on any atom is -0.497 e. The summed E-state index contributed by atoms with van der Waals surface area (Å²) in [6.07, 6.45) is -0.427. The van der Waals surface area contributed by atoms with E-state index in [-0.39, 0.29) is 11.4 Å². The molecule has 0 aliphatic rings. The fourth-order valence-electron chi connectivity index (χ4n) is 2.55. The molecule has 0 saturated heterocycles. The number of nitrogens with one attached hydrogen (secondary N) is 1. The highest BCUT2D eigenvalue weighted by atomic mass is 32.2. The predicted octanol–water partition coefficient (Wildman–Crippen LogP) is 3.07. The summed E-state index contributed by atoms with van der Waals surface area (Å²) in [4.78, 5) is 0.193. The van der Waals surface area contributed by atoms with E-state index in [1.54, 1.807) is 26.4 Å². The van der Waals surface area contributed by atoms with Gasteiger partial charge in [-0.1, -0.05) is 12.1 Å². The standard InChI is InChI=1S/C19H25NO5S/c1-5-25-18-10-9-17(11-14(18)2)26(21,22)20-13-19(24-4)15-7-6-8-16(12-15)23-3/h6-12,19-20H,5,13H2,1-4H3. The molecule has 142 valence electrons. The third kappa shape index (κ3) is 4.97. The number of rotatable bonds is 9. The molecule has 26 heavy (non-hydrogen) atoms. The van der Waals surface area contributed by atoms with Gasteiger partial charge >= 0.3 is 0 Å². The Bertz CT molecular complexity index is 836. The minimum absolute atomic E-state index is 0.109. The fourth-order valence-corrected chi connectivity index (χ4v) is 3.67. The number of hydrogen-bond donors (Lipinski definition) is 1. The van der Waals surface area contributed by atoms with Gasteiger partial charge in [-0.3, -0.25) is 0 Å². The van der Waals surface area contributed by atoms with Crippen LogP contribution in [0.3, 0.4) is 0 Å². The average Bonchev–Trinajstić information content (AvgIpc) is 2.64. The number of ether oxygens (including phenoxy) is 3. The first-order chi connectivity index (χ1) is 12.4. The molecule has 7 heteroatoms. The second kappa shape index (κ2) is 9.02. The third-order valence-corrected chi connectivity index (χ3v) is 5.39. The summed E-state index contributed by atoms with van der Waals surface area (Å²) in [5.74, 6) is 1.37. The molecule has 0 heterocycles. The van der Waals surface area contributed by atoms with Crippen LogP contribution in [0.25, 0.3) is 0 Å². The molecule has 0 fully saturated rings. The first kappa shape index (κ1) is 20.2. The Morgan fingerprint density at radius 2 is 1.88 bits per heavy atom. The van der Waals surface area contributed by atoms with Gasteiger partial charge in [0.15, 0.2) is 0 Å². The molecule has 6 nitrogen and oxygen atoms in total. The van der Waals surface area contributed by atoms with E-state index in [1.807, 2.05) is 38.1 Å². The van der Waals surface area contributed by atoms with Gasteiger partial charge in [-0.15, -0.1) is 0 Å². The fraction of sp³-hybridized carbons (Fsp3) is 0.368. The van der Waals surface area contributed by atoms with Crippen molar-refractivity contribution in [2.45, 2.75) is 24.8 Å². The van der Waals surface area contributed by atoms with Crippen LogP contribution in [-0.4, -0.2) is 35.8 Å². The van der Waals surface area contributed by atoms with Gasteiger partial charge in [0.2, 0.25) is 10.0 Å². The van der Waals surface area contributed by atoms with Gasteiger partial charge in [0.1, 0.15) is 11.5 Å². The van der Waals surface area contributed by atoms with Crippen molar-refractivity contribution >= 4 is 10.0 Å². The van der Waals surface area contributed by atoms with Gasteiger partial charge in [-0.2, -0.15) is 0 Å². The summed E-state index contributed by atoms with van der Waals surface area (Å²) in [6.45, 7) is 4.34. The summed E-state index contributed by atoms with van der Waals surface area (Å²) < 4.78 is 43.9. The molecule has 2 aromatic carbocycles. The maximum atomic E-state index is 12.6. The maximum absolute atomic E-state index is 12.6. The van der Waals surface area contributed by atoms with E-state index in [1.165, 1.54) is 6.07 Å². The lowest BCUT2D eigenvalue weighted by atomic mass is 10.1. The quantitative estimate of drug-likeness (QED) is 0.725. The smallest absolute Gasteiger partial charge is 0.240 e. The van der Waals surface area contributed by atoms with Crippen LogP contribution in [0.15, 0.2) is 47.4 Å². The topological polar surface area (TPSA) is 73.9 Å². The summed E-state index contributed by atoms with van der Waals surface area (Å²) in [5, 5.41) is 0. The van der Waals surface area contributed by atoms with Crippen LogP contribution in [0.5, 0.6) is 11.5 Å². The molecule has 0 aromatic heterocycles. The summed E-state index contributed by atoms with van der Waals surface area (Å²) in [5.41, 5.74) is 1.60. The average molecular weight is 379 g/mol. The van der Waals surface area contributed by atoms with E-state index in [4.69, 9.17) is 14.2 Å². The zero-order valence-corrected chi connectivity index (χ0v) is 16.3. The maximum Gasteiger partial charge on any atom is 0.240 e. The van der Waals surface area contributed by atoms with Crippen molar-refractivity contribution < 1.29 is 22.6 Å². The molecular formula is C19H25NO5S.